The zero-order valence-corrected chi connectivity index (χ0v) is 47.8. The standard InChI is InChI=1S/C68H110O6/c1-4-7-10-13-16-19-22-25-28-30-32-33-34-35-36-38-40-43-46-49-52-55-58-61-67(70)73-64-65(63-72-66(69)60-57-54-51-48-45-42-39-27-24-21-18-15-12-9-6-3)74-68(71)62-59-56-53-50-47-44-41-37-31-29-26-23-20-17-14-11-8-5-2/h7,9-10,12,16,18-19,21,25,27-28,32-33,35-36,39-40,43,45,48,54,57,65H,4-6,8,11,13-15,17,20,22-24,26,29-31,34,37-38,41-42,44,46-47,49-53,55-56,58-64H2,1-3H3/b10-7-,12-9-,19-16-,21-18-,28-25-,33-32-,36-35-,39-27-,43-40-,48-45-,57-54-. The summed E-state index contributed by atoms with van der Waals surface area (Å²) in [4.78, 5) is 38.2. The van der Waals surface area contributed by atoms with E-state index in [4.69, 9.17) is 14.2 Å². The van der Waals surface area contributed by atoms with E-state index in [-0.39, 0.29) is 31.6 Å². The summed E-state index contributed by atoms with van der Waals surface area (Å²) in [6.45, 7) is 6.31. The zero-order valence-electron chi connectivity index (χ0n) is 47.8. The van der Waals surface area contributed by atoms with Crippen LogP contribution < -0.4 is 0 Å². The first-order chi connectivity index (χ1) is 36.5. The molecule has 0 heterocycles. The van der Waals surface area contributed by atoms with E-state index in [2.05, 4.69) is 142 Å². The number of hydrogen-bond donors (Lipinski definition) is 0. The average Bonchev–Trinajstić information content (AvgIpc) is 3.40. The van der Waals surface area contributed by atoms with E-state index in [0.717, 1.165) is 122 Å². The van der Waals surface area contributed by atoms with Gasteiger partial charge in [0.2, 0.25) is 0 Å². The number of carbonyl (C=O) groups excluding carboxylic acids is 3. The number of ether oxygens (including phenoxy) is 3. The highest BCUT2D eigenvalue weighted by Gasteiger charge is 2.19. The summed E-state index contributed by atoms with van der Waals surface area (Å²) in [6, 6.07) is 0. The van der Waals surface area contributed by atoms with Gasteiger partial charge in [0.15, 0.2) is 6.10 Å². The molecule has 0 saturated carbocycles. The predicted octanol–water partition coefficient (Wildman–Crippen LogP) is 20.6. The third-order valence-electron chi connectivity index (χ3n) is 12.4. The molecule has 0 aromatic carbocycles. The molecule has 1 atom stereocenters. The van der Waals surface area contributed by atoms with Crippen LogP contribution in [0.4, 0.5) is 0 Å². The van der Waals surface area contributed by atoms with Crippen LogP contribution in [0.3, 0.4) is 0 Å². The van der Waals surface area contributed by atoms with E-state index in [1.165, 1.54) is 96.3 Å². The van der Waals surface area contributed by atoms with E-state index in [1.807, 2.05) is 6.08 Å². The molecular formula is C68H110O6. The van der Waals surface area contributed by atoms with Gasteiger partial charge < -0.3 is 14.2 Å². The van der Waals surface area contributed by atoms with Crippen LogP contribution in [0.25, 0.3) is 0 Å². The molecule has 0 aliphatic rings. The third-order valence-corrected chi connectivity index (χ3v) is 12.4. The van der Waals surface area contributed by atoms with Crippen LogP contribution in [0.5, 0.6) is 0 Å². The van der Waals surface area contributed by atoms with Gasteiger partial charge >= 0.3 is 17.9 Å². The van der Waals surface area contributed by atoms with Crippen LogP contribution in [-0.2, 0) is 28.6 Å². The molecule has 0 aliphatic heterocycles. The minimum Gasteiger partial charge on any atom is -0.462 e. The monoisotopic (exact) mass is 1020 g/mol. The van der Waals surface area contributed by atoms with Gasteiger partial charge in [-0.2, -0.15) is 0 Å². The zero-order chi connectivity index (χ0) is 53.6. The maximum Gasteiger partial charge on any atom is 0.309 e. The summed E-state index contributed by atoms with van der Waals surface area (Å²) >= 11 is 0. The summed E-state index contributed by atoms with van der Waals surface area (Å²) in [6.07, 6.45) is 86.2. The van der Waals surface area contributed by atoms with Gasteiger partial charge in [0, 0.05) is 12.8 Å². The van der Waals surface area contributed by atoms with Crippen molar-refractivity contribution >= 4 is 17.9 Å². The molecule has 6 nitrogen and oxygen atoms in total. The molecule has 0 spiro atoms. The molecular weight excluding hydrogens is 913 g/mol. The Bertz CT molecular complexity index is 1600. The van der Waals surface area contributed by atoms with Crippen LogP contribution in [0.2, 0.25) is 0 Å². The fourth-order valence-electron chi connectivity index (χ4n) is 7.99. The van der Waals surface area contributed by atoms with E-state index in [1.54, 1.807) is 6.08 Å². The van der Waals surface area contributed by atoms with Crippen molar-refractivity contribution in [3.05, 3.63) is 134 Å². The predicted molar refractivity (Wildman–Crippen MR) is 320 cm³/mol. The van der Waals surface area contributed by atoms with Gasteiger partial charge in [0.05, 0.1) is 6.42 Å². The van der Waals surface area contributed by atoms with Gasteiger partial charge in [-0.3, -0.25) is 14.4 Å². The van der Waals surface area contributed by atoms with Gasteiger partial charge in [-0.25, -0.2) is 0 Å². The van der Waals surface area contributed by atoms with E-state index in [9.17, 15) is 14.4 Å². The lowest BCUT2D eigenvalue weighted by Gasteiger charge is -2.18. The first-order valence-electron chi connectivity index (χ1n) is 30.2. The molecule has 74 heavy (non-hydrogen) atoms. The molecule has 0 saturated heterocycles. The lowest BCUT2D eigenvalue weighted by molar-refractivity contribution is -0.166. The topological polar surface area (TPSA) is 78.9 Å². The van der Waals surface area contributed by atoms with Crippen molar-refractivity contribution in [2.45, 2.75) is 264 Å². The van der Waals surface area contributed by atoms with Crippen LogP contribution in [0.1, 0.15) is 258 Å². The number of rotatable bonds is 53. The molecule has 0 N–H and O–H groups in total. The quantitative estimate of drug-likeness (QED) is 0.0261. The average molecular weight is 1020 g/mol. The first-order valence-corrected chi connectivity index (χ1v) is 30.2. The number of allylic oxidation sites excluding steroid dienone is 21. The molecule has 0 aromatic rings. The highest BCUT2D eigenvalue weighted by Crippen LogP contribution is 2.16. The second kappa shape index (κ2) is 61.1. The van der Waals surface area contributed by atoms with Gasteiger partial charge in [-0.05, 0) is 96.3 Å². The van der Waals surface area contributed by atoms with Crippen molar-refractivity contribution < 1.29 is 28.6 Å². The van der Waals surface area contributed by atoms with Crippen LogP contribution in [-0.4, -0.2) is 37.2 Å². The van der Waals surface area contributed by atoms with Crippen LogP contribution in [0.15, 0.2) is 134 Å². The third kappa shape index (κ3) is 58.4. The number of esters is 3. The van der Waals surface area contributed by atoms with Crippen LogP contribution in [0, 0.1) is 0 Å². The lowest BCUT2D eigenvalue weighted by Crippen LogP contribution is -2.30. The molecule has 0 aromatic heterocycles. The molecule has 0 rings (SSSR count). The Morgan fingerprint density at radius 2 is 0.581 bits per heavy atom. The fraction of sp³-hybridized carbons (Fsp3) is 0.632. The Labute approximate surface area is 455 Å². The van der Waals surface area contributed by atoms with Gasteiger partial charge in [0.1, 0.15) is 13.2 Å². The molecule has 0 fully saturated rings. The molecule has 1 unspecified atom stereocenters. The Kier molecular flexibility index (Phi) is 57.4. The maximum atomic E-state index is 12.9. The van der Waals surface area contributed by atoms with Crippen molar-refractivity contribution in [3.8, 4) is 0 Å². The molecule has 0 amide bonds. The molecule has 418 valence electrons. The summed E-state index contributed by atoms with van der Waals surface area (Å²) in [5.74, 6) is -1.08. The Morgan fingerprint density at radius 3 is 0.946 bits per heavy atom. The Balaban J connectivity index is 4.51. The Hall–Kier alpha value is -4.45. The molecule has 6 heteroatoms. The largest absolute Gasteiger partial charge is 0.462 e. The lowest BCUT2D eigenvalue weighted by atomic mass is 10.0. The number of carbonyl (C=O) groups is 3. The van der Waals surface area contributed by atoms with Crippen molar-refractivity contribution in [3.63, 3.8) is 0 Å². The van der Waals surface area contributed by atoms with Crippen molar-refractivity contribution in [2.75, 3.05) is 13.2 Å². The number of unbranched alkanes of at least 4 members (excludes halogenated alkanes) is 21. The highest BCUT2D eigenvalue weighted by molar-refractivity contribution is 5.72. The smallest absolute Gasteiger partial charge is 0.309 e. The van der Waals surface area contributed by atoms with Crippen LogP contribution >= 0.6 is 0 Å². The SMILES string of the molecule is CC/C=C\C/C=C\C/C=C\C/C=C\C/C=C\C/C=C\CCCCCCC(=O)OCC(COC(=O)C/C=C\C/C=C\C/C=C\C/C=C\C/C=C\CC)OC(=O)CCCCCCCCCCCCCCCCCCCC. The second-order valence-corrected chi connectivity index (χ2v) is 19.5. The second-order valence-electron chi connectivity index (χ2n) is 19.5. The van der Waals surface area contributed by atoms with E-state index < -0.39 is 12.1 Å². The van der Waals surface area contributed by atoms with Gasteiger partial charge in [-0.15, -0.1) is 0 Å². The summed E-state index contributed by atoms with van der Waals surface area (Å²) in [5, 5.41) is 0. The van der Waals surface area contributed by atoms with E-state index >= 15 is 0 Å². The van der Waals surface area contributed by atoms with Gasteiger partial charge in [-0.1, -0.05) is 276 Å². The molecule has 0 bridgehead atoms. The van der Waals surface area contributed by atoms with Gasteiger partial charge in [0.25, 0.3) is 0 Å². The minimum atomic E-state index is -0.833. The summed E-state index contributed by atoms with van der Waals surface area (Å²) in [5.41, 5.74) is 0. The maximum absolute atomic E-state index is 12.9. The fourth-order valence-corrected chi connectivity index (χ4v) is 7.99. The van der Waals surface area contributed by atoms with Crippen molar-refractivity contribution in [1.29, 1.82) is 0 Å². The highest BCUT2D eigenvalue weighted by atomic mass is 16.6. The first kappa shape index (κ1) is 69.5. The normalized spacial score (nSPS) is 13.1. The molecule has 0 aliphatic carbocycles. The molecule has 0 radical (unpaired) electrons. The van der Waals surface area contributed by atoms with Crippen molar-refractivity contribution in [1.82, 2.24) is 0 Å². The number of hydrogen-bond acceptors (Lipinski definition) is 6. The minimum absolute atomic E-state index is 0.118. The Morgan fingerprint density at radius 1 is 0.297 bits per heavy atom. The van der Waals surface area contributed by atoms with Crippen molar-refractivity contribution in [2.24, 2.45) is 0 Å². The summed E-state index contributed by atoms with van der Waals surface area (Å²) in [7, 11) is 0. The summed E-state index contributed by atoms with van der Waals surface area (Å²) < 4.78 is 16.8. The van der Waals surface area contributed by atoms with E-state index in [0.29, 0.717) is 12.8 Å².